The van der Waals surface area contributed by atoms with Gasteiger partial charge in [0.1, 0.15) is 0 Å². The van der Waals surface area contributed by atoms with Crippen molar-refractivity contribution in [2.75, 3.05) is 0 Å². The van der Waals surface area contributed by atoms with E-state index >= 15 is 0 Å². The van der Waals surface area contributed by atoms with Gasteiger partial charge in [0.15, 0.2) is 0 Å². The normalized spacial score (nSPS) is 23.8. The molecule has 0 aromatic heterocycles. The van der Waals surface area contributed by atoms with Crippen LogP contribution < -0.4 is 5.73 Å². The van der Waals surface area contributed by atoms with Crippen molar-refractivity contribution in [1.82, 2.24) is 0 Å². The summed E-state index contributed by atoms with van der Waals surface area (Å²) in [5.74, 6) is 0.735. The molecule has 0 aromatic carbocycles. The Kier molecular flexibility index (Phi) is 4.46. The van der Waals surface area contributed by atoms with Gasteiger partial charge in [-0.2, -0.15) is 0 Å². The second-order valence-electron chi connectivity index (χ2n) is 4.13. The van der Waals surface area contributed by atoms with Gasteiger partial charge in [-0.3, -0.25) is 0 Å². The molecular weight excluding hydrogens is 162 g/mol. The van der Waals surface area contributed by atoms with E-state index < -0.39 is 6.10 Å². The van der Waals surface area contributed by atoms with Gasteiger partial charge >= 0.3 is 0 Å². The lowest BCUT2D eigenvalue weighted by atomic mass is 9.84. The summed E-state index contributed by atoms with van der Waals surface area (Å²) < 4.78 is 0. The zero-order valence-electron chi connectivity index (χ0n) is 8.28. The highest BCUT2D eigenvalue weighted by molar-refractivity contribution is 4.88. The zero-order chi connectivity index (χ0) is 9.68. The lowest BCUT2D eigenvalue weighted by molar-refractivity contribution is 0.167. The number of hydrogen-bond donors (Lipinski definition) is 2. The van der Waals surface area contributed by atoms with Crippen molar-refractivity contribution in [3.05, 3.63) is 12.7 Å². The minimum absolute atomic E-state index is 0.111. The summed E-state index contributed by atoms with van der Waals surface area (Å²) in [6, 6.07) is -0.111. The fourth-order valence-electron chi connectivity index (χ4n) is 2.12. The van der Waals surface area contributed by atoms with Crippen LogP contribution in [0.1, 0.15) is 38.5 Å². The van der Waals surface area contributed by atoms with Crippen LogP contribution in [0.3, 0.4) is 0 Å². The van der Waals surface area contributed by atoms with Crippen LogP contribution in [-0.4, -0.2) is 17.3 Å². The van der Waals surface area contributed by atoms with Crippen LogP contribution >= 0.6 is 0 Å². The first-order valence-electron chi connectivity index (χ1n) is 5.30. The molecule has 0 aliphatic heterocycles. The molecule has 1 saturated carbocycles. The third-order valence-corrected chi connectivity index (χ3v) is 3.01. The van der Waals surface area contributed by atoms with Crippen molar-refractivity contribution < 1.29 is 5.11 Å². The van der Waals surface area contributed by atoms with E-state index in [1.807, 2.05) is 0 Å². The van der Waals surface area contributed by atoms with Gasteiger partial charge in [-0.05, 0) is 12.3 Å². The van der Waals surface area contributed by atoms with Gasteiger partial charge in [0.05, 0.1) is 6.10 Å². The molecule has 0 unspecified atom stereocenters. The quantitative estimate of drug-likeness (QED) is 0.653. The summed E-state index contributed by atoms with van der Waals surface area (Å²) in [5.41, 5.74) is 5.84. The smallest absolute Gasteiger partial charge is 0.0869 e. The first-order valence-corrected chi connectivity index (χ1v) is 5.30. The highest BCUT2D eigenvalue weighted by Gasteiger charge is 2.19. The molecule has 0 heterocycles. The van der Waals surface area contributed by atoms with Crippen LogP contribution in [-0.2, 0) is 0 Å². The number of aliphatic hydroxyl groups is 1. The largest absolute Gasteiger partial charge is 0.387 e. The van der Waals surface area contributed by atoms with Crippen LogP contribution in [0.2, 0.25) is 0 Å². The minimum Gasteiger partial charge on any atom is -0.387 e. The molecule has 0 radical (unpaired) electrons. The van der Waals surface area contributed by atoms with Crippen LogP contribution in [0.15, 0.2) is 12.7 Å². The summed E-state index contributed by atoms with van der Waals surface area (Å²) >= 11 is 0. The van der Waals surface area contributed by atoms with E-state index in [1.54, 1.807) is 0 Å². The molecule has 13 heavy (non-hydrogen) atoms. The Bertz CT molecular complexity index is 152. The van der Waals surface area contributed by atoms with Crippen LogP contribution in [0.4, 0.5) is 0 Å². The van der Waals surface area contributed by atoms with Crippen molar-refractivity contribution in [2.45, 2.75) is 50.7 Å². The van der Waals surface area contributed by atoms with Gasteiger partial charge in [0, 0.05) is 6.04 Å². The SMILES string of the molecule is C=C[C@H](O)[C@@H](N)CC1CCCCC1. The molecule has 1 rings (SSSR count). The van der Waals surface area contributed by atoms with Crippen molar-refractivity contribution in [1.29, 1.82) is 0 Å². The Morgan fingerprint density at radius 1 is 1.38 bits per heavy atom. The third-order valence-electron chi connectivity index (χ3n) is 3.01. The average molecular weight is 183 g/mol. The monoisotopic (exact) mass is 183 g/mol. The van der Waals surface area contributed by atoms with Gasteiger partial charge in [-0.1, -0.05) is 38.2 Å². The Hall–Kier alpha value is -0.340. The molecule has 0 amide bonds. The van der Waals surface area contributed by atoms with E-state index in [-0.39, 0.29) is 6.04 Å². The molecular formula is C11H21NO. The molecule has 2 atom stereocenters. The second kappa shape index (κ2) is 5.40. The Morgan fingerprint density at radius 3 is 2.54 bits per heavy atom. The topological polar surface area (TPSA) is 46.2 Å². The lowest BCUT2D eigenvalue weighted by Gasteiger charge is -2.25. The number of aliphatic hydroxyl groups excluding tert-OH is 1. The Morgan fingerprint density at radius 2 is 2.00 bits per heavy atom. The maximum Gasteiger partial charge on any atom is 0.0869 e. The van der Waals surface area contributed by atoms with E-state index in [4.69, 9.17) is 5.73 Å². The van der Waals surface area contributed by atoms with Crippen LogP contribution in [0, 0.1) is 5.92 Å². The zero-order valence-corrected chi connectivity index (χ0v) is 8.28. The predicted molar refractivity (Wildman–Crippen MR) is 55.4 cm³/mol. The van der Waals surface area contributed by atoms with Gasteiger partial charge in [-0.25, -0.2) is 0 Å². The molecule has 76 valence electrons. The maximum absolute atomic E-state index is 9.41. The Labute approximate surface area is 80.8 Å². The molecule has 2 nitrogen and oxygen atoms in total. The molecule has 1 fully saturated rings. The molecule has 2 heteroatoms. The third kappa shape index (κ3) is 3.49. The molecule has 0 aromatic rings. The number of hydrogen-bond acceptors (Lipinski definition) is 2. The van der Waals surface area contributed by atoms with E-state index in [2.05, 4.69) is 6.58 Å². The molecule has 0 spiro atoms. The molecule has 1 aliphatic carbocycles. The second-order valence-corrected chi connectivity index (χ2v) is 4.13. The van der Waals surface area contributed by atoms with Gasteiger partial charge in [-0.15, -0.1) is 6.58 Å². The lowest BCUT2D eigenvalue weighted by Crippen LogP contribution is -2.35. The van der Waals surface area contributed by atoms with E-state index in [9.17, 15) is 5.11 Å². The summed E-state index contributed by atoms with van der Waals surface area (Å²) in [4.78, 5) is 0. The summed E-state index contributed by atoms with van der Waals surface area (Å²) in [6.45, 7) is 3.54. The van der Waals surface area contributed by atoms with Crippen LogP contribution in [0.5, 0.6) is 0 Å². The van der Waals surface area contributed by atoms with E-state index in [0.717, 1.165) is 12.3 Å². The van der Waals surface area contributed by atoms with E-state index in [1.165, 1.54) is 38.2 Å². The van der Waals surface area contributed by atoms with Gasteiger partial charge < -0.3 is 10.8 Å². The van der Waals surface area contributed by atoms with Gasteiger partial charge in [0.2, 0.25) is 0 Å². The van der Waals surface area contributed by atoms with Gasteiger partial charge in [0.25, 0.3) is 0 Å². The number of nitrogens with two attached hydrogens (primary N) is 1. The highest BCUT2D eigenvalue weighted by atomic mass is 16.3. The van der Waals surface area contributed by atoms with Crippen molar-refractivity contribution >= 4 is 0 Å². The van der Waals surface area contributed by atoms with E-state index in [0.29, 0.717) is 0 Å². The predicted octanol–water partition coefficient (Wildman–Crippen LogP) is 1.83. The average Bonchev–Trinajstić information content (AvgIpc) is 2.18. The van der Waals surface area contributed by atoms with Crippen molar-refractivity contribution in [2.24, 2.45) is 11.7 Å². The molecule has 0 saturated heterocycles. The molecule has 3 N–H and O–H groups in total. The fraction of sp³-hybridized carbons (Fsp3) is 0.818. The standard InChI is InChI=1S/C11H21NO/c1-2-11(13)10(12)8-9-6-4-3-5-7-9/h2,9-11,13H,1,3-8,12H2/t10-,11-/m0/s1. The fourth-order valence-corrected chi connectivity index (χ4v) is 2.12. The first kappa shape index (κ1) is 10.7. The van der Waals surface area contributed by atoms with Crippen molar-refractivity contribution in [3.63, 3.8) is 0 Å². The van der Waals surface area contributed by atoms with Crippen molar-refractivity contribution in [3.8, 4) is 0 Å². The number of rotatable bonds is 4. The summed E-state index contributed by atoms with van der Waals surface area (Å²) in [7, 11) is 0. The summed E-state index contributed by atoms with van der Waals surface area (Å²) in [5, 5.41) is 9.41. The Balaban J connectivity index is 2.25. The summed E-state index contributed by atoms with van der Waals surface area (Å²) in [6.07, 6.45) is 8.58. The van der Waals surface area contributed by atoms with Crippen LogP contribution in [0.25, 0.3) is 0 Å². The first-order chi connectivity index (χ1) is 6.24. The maximum atomic E-state index is 9.41. The molecule has 0 bridgehead atoms. The molecule has 1 aliphatic rings. The minimum atomic E-state index is -0.526. The highest BCUT2D eigenvalue weighted by Crippen LogP contribution is 2.27.